The third kappa shape index (κ3) is 3.01. The average molecular weight is 365 g/mol. The fourth-order valence-electron chi connectivity index (χ4n) is 7.18. The van der Waals surface area contributed by atoms with Crippen molar-refractivity contribution in [1.29, 1.82) is 0 Å². The van der Waals surface area contributed by atoms with Crippen LogP contribution in [0, 0.1) is 29.1 Å². The van der Waals surface area contributed by atoms with E-state index in [9.17, 15) is 4.79 Å². The summed E-state index contributed by atoms with van der Waals surface area (Å²) in [7, 11) is 0. The van der Waals surface area contributed by atoms with Crippen LogP contribution in [0.5, 0.6) is 0 Å². The Hall–Kier alpha value is -1.41. The number of ether oxygens (including phenoxy) is 1. The van der Waals surface area contributed by atoms with Crippen molar-refractivity contribution in [3.05, 3.63) is 47.5 Å². The van der Waals surface area contributed by atoms with E-state index < -0.39 is 0 Å². The molecule has 0 radical (unpaired) electrons. The highest BCUT2D eigenvalue weighted by Gasteiger charge is 2.56. The first-order chi connectivity index (χ1) is 13.1. The van der Waals surface area contributed by atoms with Crippen molar-refractivity contribution in [3.63, 3.8) is 0 Å². The molecule has 6 unspecified atom stereocenters. The number of allylic oxidation sites excluding steroid dienone is 1. The molecule has 0 spiro atoms. The molecule has 2 nitrogen and oxygen atoms in total. The number of benzene rings is 1. The van der Waals surface area contributed by atoms with Crippen LogP contribution < -0.4 is 0 Å². The zero-order valence-corrected chi connectivity index (χ0v) is 16.5. The summed E-state index contributed by atoms with van der Waals surface area (Å²) in [4.78, 5) is 11.9. The highest BCUT2D eigenvalue weighted by Crippen LogP contribution is 2.62. The van der Waals surface area contributed by atoms with Crippen LogP contribution in [-0.4, -0.2) is 11.9 Å². The molecule has 0 N–H and O–H groups in total. The summed E-state index contributed by atoms with van der Waals surface area (Å²) in [5, 5.41) is 0. The molecule has 0 bridgehead atoms. The van der Waals surface area contributed by atoms with Gasteiger partial charge in [0.05, 0.1) is 12.7 Å². The normalized spacial score (nSPS) is 40.7. The van der Waals surface area contributed by atoms with E-state index in [1.54, 1.807) is 0 Å². The quantitative estimate of drug-likeness (QED) is 0.686. The Morgan fingerprint density at radius 3 is 2.70 bits per heavy atom. The molecular formula is C25H32O2. The molecule has 0 amide bonds. The first-order valence-corrected chi connectivity index (χ1v) is 11.0. The number of carbonyl (C=O) groups is 1. The van der Waals surface area contributed by atoms with Gasteiger partial charge in [-0.25, -0.2) is 0 Å². The van der Waals surface area contributed by atoms with Crippen LogP contribution >= 0.6 is 0 Å². The molecule has 4 aliphatic rings. The van der Waals surface area contributed by atoms with Gasteiger partial charge >= 0.3 is 0 Å². The molecule has 3 fully saturated rings. The minimum atomic E-state index is 0.349. The second-order valence-electron chi connectivity index (χ2n) is 9.71. The van der Waals surface area contributed by atoms with Gasteiger partial charge in [-0.15, -0.1) is 0 Å². The number of ketones is 1. The van der Waals surface area contributed by atoms with E-state index in [0.717, 1.165) is 37.2 Å². The Balaban J connectivity index is 1.31. The zero-order chi connectivity index (χ0) is 18.4. The highest BCUT2D eigenvalue weighted by atomic mass is 16.5. The smallest absolute Gasteiger partial charge is 0.155 e. The van der Waals surface area contributed by atoms with Gasteiger partial charge in [0.2, 0.25) is 0 Å². The molecule has 1 aromatic rings. The van der Waals surface area contributed by atoms with Crippen molar-refractivity contribution in [1.82, 2.24) is 0 Å². The lowest BCUT2D eigenvalue weighted by Crippen LogP contribution is -2.48. The van der Waals surface area contributed by atoms with Gasteiger partial charge in [-0.1, -0.05) is 42.8 Å². The first-order valence-electron chi connectivity index (χ1n) is 11.0. The van der Waals surface area contributed by atoms with Gasteiger partial charge in [0, 0.05) is 6.42 Å². The minimum absolute atomic E-state index is 0.349. The zero-order valence-electron chi connectivity index (χ0n) is 16.5. The van der Waals surface area contributed by atoms with Gasteiger partial charge < -0.3 is 4.74 Å². The van der Waals surface area contributed by atoms with E-state index in [-0.39, 0.29) is 0 Å². The SMILES string of the molecule is CC12CCC3C4CCC(=O)C=C4CCC3C1CCC2OCc1ccccc1. The highest BCUT2D eigenvalue weighted by molar-refractivity contribution is 5.91. The predicted molar refractivity (Wildman–Crippen MR) is 107 cm³/mol. The first kappa shape index (κ1) is 17.7. The van der Waals surface area contributed by atoms with Crippen molar-refractivity contribution in [2.45, 2.75) is 71.0 Å². The summed E-state index contributed by atoms with van der Waals surface area (Å²) < 4.78 is 6.51. The predicted octanol–water partition coefficient (Wildman–Crippen LogP) is 5.71. The van der Waals surface area contributed by atoms with Gasteiger partial charge in [0.15, 0.2) is 5.78 Å². The summed E-state index contributed by atoms with van der Waals surface area (Å²) >= 11 is 0. The summed E-state index contributed by atoms with van der Waals surface area (Å²) in [5.74, 6) is 3.57. The Bertz CT molecular complexity index is 736. The van der Waals surface area contributed by atoms with E-state index in [2.05, 4.69) is 37.3 Å². The summed E-state index contributed by atoms with van der Waals surface area (Å²) in [6, 6.07) is 10.6. The molecule has 0 aromatic heterocycles. The summed E-state index contributed by atoms with van der Waals surface area (Å²) in [6.07, 6.45) is 12.0. The monoisotopic (exact) mass is 364 g/mol. The lowest BCUT2D eigenvalue weighted by Gasteiger charge is -2.53. The van der Waals surface area contributed by atoms with Crippen LogP contribution in [-0.2, 0) is 16.1 Å². The van der Waals surface area contributed by atoms with E-state index in [1.165, 1.54) is 49.7 Å². The topological polar surface area (TPSA) is 26.3 Å². The van der Waals surface area contributed by atoms with Gasteiger partial charge in [-0.2, -0.15) is 0 Å². The van der Waals surface area contributed by atoms with E-state index in [1.807, 2.05) is 6.08 Å². The number of hydrogen-bond donors (Lipinski definition) is 0. The lowest BCUT2D eigenvalue weighted by atomic mass is 9.52. The fourth-order valence-corrected chi connectivity index (χ4v) is 7.18. The molecule has 0 aliphatic heterocycles. The maximum Gasteiger partial charge on any atom is 0.155 e. The van der Waals surface area contributed by atoms with Crippen LogP contribution in [0.25, 0.3) is 0 Å². The molecule has 27 heavy (non-hydrogen) atoms. The second-order valence-corrected chi connectivity index (χ2v) is 9.71. The van der Waals surface area contributed by atoms with Crippen LogP contribution in [0.2, 0.25) is 0 Å². The molecule has 0 saturated heterocycles. The molecule has 2 heteroatoms. The van der Waals surface area contributed by atoms with Crippen molar-refractivity contribution < 1.29 is 9.53 Å². The van der Waals surface area contributed by atoms with Gasteiger partial charge in [-0.05, 0) is 85.7 Å². The Kier molecular flexibility index (Phi) is 4.50. The van der Waals surface area contributed by atoms with E-state index in [4.69, 9.17) is 4.74 Å². The molecule has 4 aliphatic carbocycles. The number of fused-ring (bicyclic) bond motifs is 5. The maximum absolute atomic E-state index is 11.9. The number of carbonyl (C=O) groups excluding carboxylic acids is 1. The van der Waals surface area contributed by atoms with Gasteiger partial charge in [-0.3, -0.25) is 4.79 Å². The third-order valence-electron chi connectivity index (χ3n) is 8.51. The number of rotatable bonds is 3. The lowest BCUT2D eigenvalue weighted by molar-refractivity contribution is -0.116. The van der Waals surface area contributed by atoms with Gasteiger partial charge in [0.1, 0.15) is 0 Å². The molecule has 0 heterocycles. The molecule has 3 saturated carbocycles. The van der Waals surface area contributed by atoms with Crippen LogP contribution in [0.3, 0.4) is 0 Å². The third-order valence-corrected chi connectivity index (χ3v) is 8.51. The molecular weight excluding hydrogens is 332 g/mol. The molecule has 6 atom stereocenters. The Morgan fingerprint density at radius 2 is 1.85 bits per heavy atom. The van der Waals surface area contributed by atoms with Crippen LogP contribution in [0.1, 0.15) is 63.9 Å². The molecule has 144 valence electrons. The van der Waals surface area contributed by atoms with Crippen LogP contribution in [0.15, 0.2) is 42.0 Å². The largest absolute Gasteiger partial charge is 0.373 e. The Labute approximate surface area is 163 Å². The fraction of sp³-hybridized carbons (Fsp3) is 0.640. The molecule has 5 rings (SSSR count). The van der Waals surface area contributed by atoms with Gasteiger partial charge in [0.25, 0.3) is 0 Å². The maximum atomic E-state index is 11.9. The van der Waals surface area contributed by atoms with E-state index >= 15 is 0 Å². The number of hydrogen-bond acceptors (Lipinski definition) is 2. The van der Waals surface area contributed by atoms with Crippen molar-refractivity contribution in [3.8, 4) is 0 Å². The standard InChI is InChI=1S/C25H32O2/c1-25-14-13-21-20-10-8-19(26)15-18(20)7-9-22(21)23(25)11-12-24(25)27-16-17-5-3-2-4-6-17/h2-6,15,20-24H,7-14,16H2,1H3. The van der Waals surface area contributed by atoms with Crippen molar-refractivity contribution in [2.75, 3.05) is 0 Å². The summed E-state index contributed by atoms with van der Waals surface area (Å²) in [6.45, 7) is 3.27. The van der Waals surface area contributed by atoms with Crippen molar-refractivity contribution >= 4 is 5.78 Å². The second kappa shape index (κ2) is 6.88. The molecule has 1 aromatic carbocycles. The summed E-state index contributed by atoms with van der Waals surface area (Å²) in [5.41, 5.74) is 3.13. The minimum Gasteiger partial charge on any atom is -0.373 e. The Morgan fingerprint density at radius 1 is 1.00 bits per heavy atom. The van der Waals surface area contributed by atoms with E-state index in [0.29, 0.717) is 23.2 Å². The van der Waals surface area contributed by atoms with Crippen molar-refractivity contribution in [2.24, 2.45) is 29.1 Å². The van der Waals surface area contributed by atoms with Crippen LogP contribution in [0.4, 0.5) is 0 Å². The average Bonchev–Trinajstić information content (AvgIpc) is 3.03.